The van der Waals surface area contributed by atoms with Crippen LogP contribution >= 0.6 is 35.0 Å². The van der Waals surface area contributed by atoms with Crippen LogP contribution in [-0.4, -0.2) is 19.5 Å². The average Bonchev–Trinajstić information content (AvgIpc) is 2.18. The fourth-order valence-corrected chi connectivity index (χ4v) is 1.77. The van der Waals surface area contributed by atoms with Crippen LogP contribution in [0.2, 0.25) is 0 Å². The molecule has 0 aliphatic heterocycles. The summed E-state index contributed by atoms with van der Waals surface area (Å²) in [6.07, 6.45) is 0. The van der Waals surface area contributed by atoms with E-state index in [1.165, 1.54) is 0 Å². The summed E-state index contributed by atoms with van der Waals surface area (Å²) in [6.45, 7) is 2.59. The van der Waals surface area contributed by atoms with E-state index in [1.807, 2.05) is 38.2 Å². The SMILES string of the molecule is CNCC(C)C(=O)Nc1cccc(I)c1.Cl. The summed E-state index contributed by atoms with van der Waals surface area (Å²) in [6, 6.07) is 7.77. The van der Waals surface area contributed by atoms with Gasteiger partial charge in [-0.3, -0.25) is 4.79 Å². The van der Waals surface area contributed by atoms with Gasteiger partial charge in [-0.05, 0) is 47.8 Å². The van der Waals surface area contributed by atoms with Gasteiger partial charge >= 0.3 is 0 Å². The number of hydrogen-bond donors (Lipinski definition) is 2. The number of halogens is 2. The second-order valence-electron chi connectivity index (χ2n) is 3.46. The molecule has 2 N–H and O–H groups in total. The van der Waals surface area contributed by atoms with Gasteiger partial charge in [-0.2, -0.15) is 0 Å². The molecule has 16 heavy (non-hydrogen) atoms. The van der Waals surface area contributed by atoms with Gasteiger partial charge in [0.25, 0.3) is 0 Å². The zero-order valence-electron chi connectivity index (χ0n) is 9.29. The maximum absolute atomic E-state index is 11.7. The molecule has 0 aliphatic carbocycles. The lowest BCUT2D eigenvalue weighted by Crippen LogP contribution is -2.28. The van der Waals surface area contributed by atoms with E-state index in [9.17, 15) is 4.79 Å². The largest absolute Gasteiger partial charge is 0.326 e. The highest BCUT2D eigenvalue weighted by Gasteiger charge is 2.11. The van der Waals surface area contributed by atoms with Crippen LogP contribution in [0.15, 0.2) is 24.3 Å². The van der Waals surface area contributed by atoms with E-state index in [1.54, 1.807) is 0 Å². The Balaban J connectivity index is 0.00000225. The first-order valence-electron chi connectivity index (χ1n) is 4.84. The monoisotopic (exact) mass is 354 g/mol. The molecule has 5 heteroatoms. The van der Waals surface area contributed by atoms with Crippen molar-refractivity contribution < 1.29 is 4.79 Å². The van der Waals surface area contributed by atoms with Gasteiger partial charge in [0, 0.05) is 21.7 Å². The summed E-state index contributed by atoms with van der Waals surface area (Å²) in [5.74, 6) is 0.0271. The zero-order valence-corrected chi connectivity index (χ0v) is 12.3. The summed E-state index contributed by atoms with van der Waals surface area (Å²) in [4.78, 5) is 11.7. The third-order valence-corrected chi connectivity index (χ3v) is 2.72. The van der Waals surface area contributed by atoms with E-state index in [2.05, 4.69) is 33.2 Å². The Morgan fingerprint density at radius 3 is 2.75 bits per heavy atom. The van der Waals surface area contributed by atoms with Crippen LogP contribution < -0.4 is 10.6 Å². The first kappa shape index (κ1) is 15.7. The second-order valence-corrected chi connectivity index (χ2v) is 4.70. The molecule has 90 valence electrons. The molecular weight excluding hydrogens is 338 g/mol. The molecular formula is C11H16ClIN2O. The van der Waals surface area contributed by atoms with Crippen LogP contribution in [0, 0.1) is 9.49 Å². The first-order valence-corrected chi connectivity index (χ1v) is 5.92. The number of amides is 1. The van der Waals surface area contributed by atoms with Gasteiger partial charge in [-0.25, -0.2) is 0 Å². The van der Waals surface area contributed by atoms with Gasteiger partial charge in [0.05, 0.1) is 0 Å². The van der Waals surface area contributed by atoms with Crippen molar-refractivity contribution in [2.75, 3.05) is 18.9 Å². The van der Waals surface area contributed by atoms with Crippen LogP contribution in [0.5, 0.6) is 0 Å². The van der Waals surface area contributed by atoms with E-state index in [0.717, 1.165) is 9.26 Å². The molecule has 0 saturated carbocycles. The molecule has 3 nitrogen and oxygen atoms in total. The van der Waals surface area contributed by atoms with E-state index in [0.29, 0.717) is 6.54 Å². The maximum atomic E-state index is 11.7. The number of benzene rings is 1. The molecule has 0 aromatic heterocycles. The number of hydrogen-bond acceptors (Lipinski definition) is 2. The van der Waals surface area contributed by atoms with Crippen molar-refractivity contribution in [1.82, 2.24) is 5.32 Å². The number of carbonyl (C=O) groups excluding carboxylic acids is 1. The summed E-state index contributed by atoms with van der Waals surface area (Å²) in [5.41, 5.74) is 0.856. The molecule has 1 aromatic carbocycles. The number of anilines is 1. The van der Waals surface area contributed by atoms with E-state index in [-0.39, 0.29) is 24.2 Å². The zero-order chi connectivity index (χ0) is 11.3. The van der Waals surface area contributed by atoms with Crippen molar-refractivity contribution in [3.8, 4) is 0 Å². The van der Waals surface area contributed by atoms with Gasteiger partial charge in [-0.1, -0.05) is 13.0 Å². The van der Waals surface area contributed by atoms with Crippen molar-refractivity contribution in [2.24, 2.45) is 5.92 Å². The third-order valence-electron chi connectivity index (χ3n) is 2.05. The highest BCUT2D eigenvalue weighted by atomic mass is 127. The van der Waals surface area contributed by atoms with E-state index in [4.69, 9.17) is 0 Å². The van der Waals surface area contributed by atoms with E-state index < -0.39 is 0 Å². The summed E-state index contributed by atoms with van der Waals surface area (Å²) < 4.78 is 1.12. The average molecular weight is 355 g/mol. The smallest absolute Gasteiger partial charge is 0.228 e. The predicted octanol–water partition coefficient (Wildman–Crippen LogP) is 2.51. The van der Waals surface area contributed by atoms with Crippen molar-refractivity contribution in [1.29, 1.82) is 0 Å². The lowest BCUT2D eigenvalue weighted by atomic mass is 10.1. The molecule has 0 spiro atoms. The highest BCUT2D eigenvalue weighted by molar-refractivity contribution is 14.1. The summed E-state index contributed by atoms with van der Waals surface area (Å²) in [5, 5.41) is 5.87. The van der Waals surface area contributed by atoms with Crippen LogP contribution in [-0.2, 0) is 4.79 Å². The lowest BCUT2D eigenvalue weighted by molar-refractivity contribution is -0.119. The molecule has 1 amide bonds. The van der Waals surface area contributed by atoms with Gasteiger partial charge < -0.3 is 10.6 Å². The molecule has 1 aromatic rings. The highest BCUT2D eigenvalue weighted by Crippen LogP contribution is 2.13. The van der Waals surface area contributed by atoms with Crippen molar-refractivity contribution in [3.05, 3.63) is 27.8 Å². The summed E-state index contributed by atoms with van der Waals surface area (Å²) >= 11 is 2.22. The maximum Gasteiger partial charge on any atom is 0.228 e. The molecule has 1 atom stereocenters. The fourth-order valence-electron chi connectivity index (χ4n) is 1.23. The quantitative estimate of drug-likeness (QED) is 0.816. The normalized spacial score (nSPS) is 11.4. The molecule has 1 unspecified atom stereocenters. The molecule has 0 radical (unpaired) electrons. The Bertz CT molecular complexity index is 347. The van der Waals surface area contributed by atoms with Gasteiger partial charge in [0.2, 0.25) is 5.91 Å². The number of nitrogens with one attached hydrogen (secondary N) is 2. The van der Waals surface area contributed by atoms with Crippen LogP contribution in [0.4, 0.5) is 5.69 Å². The van der Waals surface area contributed by atoms with Crippen LogP contribution in [0.25, 0.3) is 0 Å². The summed E-state index contributed by atoms with van der Waals surface area (Å²) in [7, 11) is 1.84. The first-order chi connectivity index (χ1) is 7.13. The lowest BCUT2D eigenvalue weighted by Gasteiger charge is -2.11. The molecule has 1 rings (SSSR count). The minimum atomic E-state index is -0.0205. The molecule has 0 saturated heterocycles. The van der Waals surface area contributed by atoms with Gasteiger partial charge in [0.15, 0.2) is 0 Å². The number of carbonyl (C=O) groups is 1. The Kier molecular flexibility index (Phi) is 7.70. The number of rotatable bonds is 4. The Hall–Kier alpha value is -0.330. The van der Waals surface area contributed by atoms with Gasteiger partial charge in [-0.15, -0.1) is 12.4 Å². The van der Waals surface area contributed by atoms with E-state index >= 15 is 0 Å². The third kappa shape index (κ3) is 5.14. The predicted molar refractivity (Wildman–Crippen MR) is 78.1 cm³/mol. The minimum Gasteiger partial charge on any atom is -0.326 e. The van der Waals surface area contributed by atoms with Crippen molar-refractivity contribution in [3.63, 3.8) is 0 Å². The molecule has 0 bridgehead atoms. The minimum absolute atomic E-state index is 0. The van der Waals surface area contributed by atoms with Crippen LogP contribution in [0.3, 0.4) is 0 Å². The van der Waals surface area contributed by atoms with Gasteiger partial charge in [0.1, 0.15) is 0 Å². The Morgan fingerprint density at radius 2 is 2.19 bits per heavy atom. The van der Waals surface area contributed by atoms with Crippen molar-refractivity contribution >= 4 is 46.6 Å². The topological polar surface area (TPSA) is 41.1 Å². The Morgan fingerprint density at radius 1 is 1.50 bits per heavy atom. The molecule has 0 heterocycles. The van der Waals surface area contributed by atoms with Crippen LogP contribution in [0.1, 0.15) is 6.92 Å². The fraction of sp³-hybridized carbons (Fsp3) is 0.364. The molecule has 0 fully saturated rings. The standard InChI is InChI=1S/C11H15IN2O.ClH/c1-8(7-13-2)11(15)14-10-5-3-4-9(12)6-10;/h3-6,8,13H,7H2,1-2H3,(H,14,15);1H. The Labute approximate surface area is 116 Å². The molecule has 0 aliphatic rings. The second kappa shape index (κ2) is 7.86. The van der Waals surface area contributed by atoms with Crippen molar-refractivity contribution in [2.45, 2.75) is 6.92 Å².